The molecule has 166 valence electrons. The smallest absolute Gasteiger partial charge is 0.228 e. The molecular formula is C25H33N3O3. The van der Waals surface area contributed by atoms with Gasteiger partial charge in [-0.05, 0) is 49.1 Å². The summed E-state index contributed by atoms with van der Waals surface area (Å²) in [5, 5.41) is 0. The summed E-state index contributed by atoms with van der Waals surface area (Å²) in [6.45, 7) is 4.32. The number of hydrogen-bond acceptors (Lipinski definition) is 3. The van der Waals surface area contributed by atoms with Crippen molar-refractivity contribution in [1.29, 1.82) is 0 Å². The number of ether oxygens (including phenoxy) is 1. The van der Waals surface area contributed by atoms with Crippen molar-refractivity contribution in [2.45, 2.75) is 51.1 Å². The zero-order valence-corrected chi connectivity index (χ0v) is 18.6. The minimum Gasteiger partial charge on any atom is -0.497 e. The first-order valence-corrected chi connectivity index (χ1v) is 11.5. The fourth-order valence-corrected chi connectivity index (χ4v) is 5.03. The van der Waals surface area contributed by atoms with Gasteiger partial charge in [-0.25, -0.2) is 0 Å². The number of rotatable bonds is 7. The van der Waals surface area contributed by atoms with Gasteiger partial charge in [-0.1, -0.05) is 25.5 Å². The van der Waals surface area contributed by atoms with Crippen LogP contribution in [0.5, 0.6) is 5.75 Å². The fourth-order valence-electron chi connectivity index (χ4n) is 5.03. The molecule has 2 atom stereocenters. The maximum absolute atomic E-state index is 13.6. The molecule has 1 aromatic heterocycles. The van der Waals surface area contributed by atoms with Crippen LogP contribution in [0.15, 0.2) is 48.8 Å². The van der Waals surface area contributed by atoms with Gasteiger partial charge in [0, 0.05) is 44.5 Å². The topological polar surface area (TPSA) is 54.8 Å². The molecule has 0 bridgehead atoms. The van der Waals surface area contributed by atoms with Gasteiger partial charge >= 0.3 is 0 Å². The van der Waals surface area contributed by atoms with Crippen molar-refractivity contribution in [2.24, 2.45) is 5.92 Å². The van der Waals surface area contributed by atoms with Gasteiger partial charge in [-0.15, -0.1) is 0 Å². The minimum atomic E-state index is -0.319. The molecule has 6 heteroatoms. The quantitative estimate of drug-likeness (QED) is 0.675. The second-order valence-corrected chi connectivity index (χ2v) is 8.66. The van der Waals surface area contributed by atoms with E-state index in [4.69, 9.17) is 4.74 Å². The second kappa shape index (κ2) is 9.58. The number of methoxy groups -OCH3 is 1. The van der Waals surface area contributed by atoms with Crippen molar-refractivity contribution in [2.75, 3.05) is 26.7 Å². The zero-order valence-electron chi connectivity index (χ0n) is 18.6. The lowest BCUT2D eigenvalue weighted by Gasteiger charge is -2.36. The highest BCUT2D eigenvalue weighted by molar-refractivity contribution is 5.90. The van der Waals surface area contributed by atoms with Crippen molar-refractivity contribution in [3.05, 3.63) is 54.4 Å². The summed E-state index contributed by atoms with van der Waals surface area (Å²) < 4.78 is 7.54. The number of nitrogens with zero attached hydrogens (tertiary/aromatic N) is 3. The van der Waals surface area contributed by atoms with Crippen LogP contribution >= 0.6 is 0 Å². The number of carbonyl (C=O) groups excluding carboxylic acids is 2. The first kappa shape index (κ1) is 21.5. The summed E-state index contributed by atoms with van der Waals surface area (Å²) in [4.78, 5) is 30.4. The summed E-state index contributed by atoms with van der Waals surface area (Å²) in [6.07, 6.45) is 8.37. The van der Waals surface area contributed by atoms with Crippen LogP contribution in [0, 0.1) is 5.92 Å². The van der Waals surface area contributed by atoms with E-state index < -0.39 is 0 Å². The Morgan fingerprint density at radius 1 is 1.10 bits per heavy atom. The predicted molar refractivity (Wildman–Crippen MR) is 120 cm³/mol. The van der Waals surface area contributed by atoms with Gasteiger partial charge in [0.05, 0.1) is 19.1 Å². The third-order valence-corrected chi connectivity index (χ3v) is 6.78. The van der Waals surface area contributed by atoms with E-state index in [0.29, 0.717) is 19.0 Å². The molecule has 2 unspecified atom stereocenters. The van der Waals surface area contributed by atoms with Crippen LogP contribution in [-0.4, -0.2) is 52.9 Å². The Morgan fingerprint density at radius 2 is 1.77 bits per heavy atom. The van der Waals surface area contributed by atoms with Crippen LogP contribution in [0.25, 0.3) is 0 Å². The molecule has 2 aliphatic rings. The van der Waals surface area contributed by atoms with Crippen LogP contribution in [0.2, 0.25) is 0 Å². The van der Waals surface area contributed by atoms with Gasteiger partial charge in [0.2, 0.25) is 11.8 Å². The number of carbonyl (C=O) groups is 2. The average Bonchev–Trinajstić information content (AvgIpc) is 3.46. The Kier molecular flexibility index (Phi) is 6.64. The number of piperidine rings is 1. The highest BCUT2D eigenvalue weighted by Gasteiger charge is 2.45. The average molecular weight is 424 g/mol. The molecule has 1 aromatic carbocycles. The molecule has 2 aromatic rings. The Labute approximate surface area is 184 Å². The maximum atomic E-state index is 13.6. The molecule has 2 aliphatic heterocycles. The van der Waals surface area contributed by atoms with E-state index in [1.807, 2.05) is 46.2 Å². The van der Waals surface area contributed by atoms with E-state index in [-0.39, 0.29) is 23.8 Å². The van der Waals surface area contributed by atoms with Gasteiger partial charge in [-0.3, -0.25) is 9.59 Å². The summed E-state index contributed by atoms with van der Waals surface area (Å²) in [5.74, 6) is 0.679. The normalized spacial score (nSPS) is 22.2. The molecule has 0 saturated carbocycles. The summed E-state index contributed by atoms with van der Waals surface area (Å²) >= 11 is 0. The van der Waals surface area contributed by atoms with Crippen LogP contribution in [0.1, 0.15) is 56.7 Å². The van der Waals surface area contributed by atoms with Crippen molar-refractivity contribution in [3.63, 3.8) is 0 Å². The van der Waals surface area contributed by atoms with E-state index in [1.54, 1.807) is 7.11 Å². The number of benzene rings is 1. The third-order valence-electron chi connectivity index (χ3n) is 6.78. The lowest BCUT2D eigenvalue weighted by atomic mass is 9.91. The van der Waals surface area contributed by atoms with Crippen LogP contribution in [0.3, 0.4) is 0 Å². The summed E-state index contributed by atoms with van der Waals surface area (Å²) in [5.41, 5.74) is 1.02. The Morgan fingerprint density at radius 3 is 2.39 bits per heavy atom. The number of unbranched alkanes of at least 4 members (excludes halogenated alkanes) is 1. The second-order valence-electron chi connectivity index (χ2n) is 8.66. The SMILES string of the molecule is CCCCN1C(=O)CC(C(=O)N2CCC(n3cccc3)CC2)C1c1ccc(OC)cc1. The lowest BCUT2D eigenvalue weighted by Crippen LogP contribution is -2.43. The number of hydrogen-bond donors (Lipinski definition) is 0. The molecule has 0 radical (unpaired) electrons. The molecule has 0 aliphatic carbocycles. The van der Waals surface area contributed by atoms with Crippen molar-refractivity contribution in [3.8, 4) is 5.75 Å². The van der Waals surface area contributed by atoms with Crippen molar-refractivity contribution >= 4 is 11.8 Å². The Balaban J connectivity index is 1.51. The minimum absolute atomic E-state index is 0.0924. The molecule has 2 saturated heterocycles. The predicted octanol–water partition coefficient (Wildman–Crippen LogP) is 4.05. The molecule has 0 spiro atoms. The summed E-state index contributed by atoms with van der Waals surface area (Å²) in [7, 11) is 1.64. The first-order chi connectivity index (χ1) is 15.1. The largest absolute Gasteiger partial charge is 0.497 e. The van der Waals surface area contributed by atoms with Crippen molar-refractivity contribution < 1.29 is 14.3 Å². The van der Waals surface area contributed by atoms with E-state index in [1.165, 1.54) is 0 Å². The van der Waals surface area contributed by atoms with Crippen molar-refractivity contribution in [1.82, 2.24) is 14.4 Å². The van der Waals surface area contributed by atoms with Gasteiger partial charge in [0.25, 0.3) is 0 Å². The molecule has 4 rings (SSSR count). The van der Waals surface area contributed by atoms with Gasteiger partial charge in [0.1, 0.15) is 5.75 Å². The van der Waals surface area contributed by atoms with Gasteiger partial charge < -0.3 is 19.1 Å². The first-order valence-electron chi connectivity index (χ1n) is 11.5. The van der Waals surface area contributed by atoms with Crippen LogP contribution in [-0.2, 0) is 9.59 Å². The Bertz CT molecular complexity index is 870. The highest BCUT2D eigenvalue weighted by atomic mass is 16.5. The molecule has 3 heterocycles. The third kappa shape index (κ3) is 4.48. The van der Waals surface area contributed by atoms with Gasteiger partial charge in [-0.2, -0.15) is 0 Å². The number of likely N-dealkylation sites (tertiary alicyclic amines) is 2. The van der Waals surface area contributed by atoms with Crippen LogP contribution in [0.4, 0.5) is 0 Å². The Hall–Kier alpha value is -2.76. The lowest BCUT2D eigenvalue weighted by molar-refractivity contribution is -0.138. The highest BCUT2D eigenvalue weighted by Crippen LogP contribution is 2.40. The monoisotopic (exact) mass is 423 g/mol. The number of amides is 2. The molecule has 2 fully saturated rings. The standard InChI is InChI=1S/C25H33N3O3/c1-3-4-15-28-23(29)18-22(24(28)19-7-9-21(31-2)10-8-19)25(30)27-16-11-20(12-17-27)26-13-5-6-14-26/h5-10,13-14,20,22,24H,3-4,11-12,15-18H2,1-2H3. The molecular weight excluding hydrogens is 390 g/mol. The zero-order chi connectivity index (χ0) is 21.8. The molecule has 0 N–H and O–H groups in total. The van der Waals surface area contributed by atoms with Crippen LogP contribution < -0.4 is 4.74 Å². The van der Waals surface area contributed by atoms with E-state index in [9.17, 15) is 9.59 Å². The molecule has 2 amide bonds. The molecule has 6 nitrogen and oxygen atoms in total. The van der Waals surface area contributed by atoms with Gasteiger partial charge in [0.15, 0.2) is 0 Å². The molecule has 31 heavy (non-hydrogen) atoms. The van der Waals surface area contributed by atoms with E-state index in [0.717, 1.165) is 50.1 Å². The van der Waals surface area contributed by atoms with E-state index >= 15 is 0 Å². The summed E-state index contributed by atoms with van der Waals surface area (Å²) in [6, 6.07) is 12.2. The number of aromatic nitrogens is 1. The van der Waals surface area contributed by atoms with E-state index in [2.05, 4.69) is 23.9 Å². The fraction of sp³-hybridized carbons (Fsp3) is 0.520. The maximum Gasteiger partial charge on any atom is 0.228 e.